The lowest BCUT2D eigenvalue weighted by Crippen LogP contribution is -2.46. The number of para-hydroxylation sites is 1. The first-order valence-electron chi connectivity index (χ1n) is 8.46. The fourth-order valence-corrected chi connectivity index (χ4v) is 5.57. The maximum atomic E-state index is 13.3. The third-order valence-corrected chi connectivity index (χ3v) is 6.91. The summed E-state index contributed by atoms with van der Waals surface area (Å²) in [6, 6.07) is 14.3. The van der Waals surface area contributed by atoms with Crippen LogP contribution >= 0.6 is 22.7 Å². The molecular weight excluding hydrogens is 350 g/mol. The zero-order valence-electron chi connectivity index (χ0n) is 13.6. The molecule has 2 aliphatic heterocycles. The van der Waals surface area contributed by atoms with Gasteiger partial charge in [-0.3, -0.25) is 4.79 Å². The molecule has 1 amide bonds. The molecule has 1 aromatic carbocycles. The lowest BCUT2D eigenvalue weighted by atomic mass is 9.97. The van der Waals surface area contributed by atoms with Crippen LogP contribution in [-0.2, 0) is 17.6 Å². The molecule has 2 aromatic heterocycles. The van der Waals surface area contributed by atoms with Gasteiger partial charge in [-0.15, -0.1) is 22.7 Å². The van der Waals surface area contributed by atoms with E-state index in [1.807, 2.05) is 29.2 Å². The lowest BCUT2D eigenvalue weighted by molar-refractivity contribution is -0.140. The van der Waals surface area contributed by atoms with Crippen LogP contribution < -0.4 is 4.74 Å². The number of nitrogens with zero attached hydrogens (tertiary/aromatic N) is 1. The van der Waals surface area contributed by atoms with Crippen LogP contribution in [0.2, 0.25) is 0 Å². The van der Waals surface area contributed by atoms with E-state index in [1.54, 1.807) is 22.7 Å². The van der Waals surface area contributed by atoms with Gasteiger partial charge in [-0.2, -0.15) is 0 Å². The fraction of sp³-hybridized carbons (Fsp3) is 0.250. The second-order valence-corrected chi connectivity index (χ2v) is 8.40. The van der Waals surface area contributed by atoms with E-state index in [9.17, 15) is 4.79 Å². The van der Waals surface area contributed by atoms with E-state index >= 15 is 0 Å². The highest BCUT2D eigenvalue weighted by atomic mass is 32.1. The van der Waals surface area contributed by atoms with Gasteiger partial charge in [0.2, 0.25) is 0 Å². The van der Waals surface area contributed by atoms with Gasteiger partial charge in [-0.1, -0.05) is 24.3 Å². The number of hydrogen-bond donors (Lipinski definition) is 0. The minimum atomic E-state index is -0.403. The molecule has 0 fully saturated rings. The molecule has 5 heteroatoms. The van der Waals surface area contributed by atoms with Crippen LogP contribution in [0, 0.1) is 0 Å². The van der Waals surface area contributed by atoms with Crippen LogP contribution in [0.15, 0.2) is 53.2 Å². The standard InChI is InChI=1S/C20H17NO2S2/c22-20(16-12-13-4-1-2-5-15(13)23-16)21-9-7-17-14(8-11-25-17)19(21)18-6-3-10-24-18/h1-6,8,10-11,16,19H,7,9,12H2/t16-,19+/m0/s1. The van der Waals surface area contributed by atoms with Crippen LogP contribution in [0.25, 0.3) is 0 Å². The molecule has 4 heterocycles. The van der Waals surface area contributed by atoms with Crippen LogP contribution in [0.4, 0.5) is 0 Å². The van der Waals surface area contributed by atoms with Crippen LogP contribution in [0.1, 0.15) is 26.9 Å². The molecule has 0 unspecified atom stereocenters. The largest absolute Gasteiger partial charge is 0.480 e. The van der Waals surface area contributed by atoms with E-state index in [1.165, 1.54) is 15.3 Å². The first-order chi connectivity index (χ1) is 12.3. The summed E-state index contributed by atoms with van der Waals surface area (Å²) in [5.74, 6) is 0.952. The number of amides is 1. The number of fused-ring (bicyclic) bond motifs is 2. The van der Waals surface area contributed by atoms with Crippen molar-refractivity contribution in [2.75, 3.05) is 6.54 Å². The highest BCUT2D eigenvalue weighted by Crippen LogP contribution is 2.40. The minimum Gasteiger partial charge on any atom is -0.480 e. The van der Waals surface area contributed by atoms with Crippen LogP contribution in [0.3, 0.4) is 0 Å². The van der Waals surface area contributed by atoms with Gasteiger partial charge in [0.25, 0.3) is 5.91 Å². The number of rotatable bonds is 2. The van der Waals surface area contributed by atoms with E-state index in [2.05, 4.69) is 29.0 Å². The summed E-state index contributed by atoms with van der Waals surface area (Å²) in [6.45, 7) is 0.755. The minimum absolute atomic E-state index is 0.0230. The molecule has 126 valence electrons. The van der Waals surface area contributed by atoms with E-state index in [0.717, 1.165) is 24.3 Å². The summed E-state index contributed by atoms with van der Waals surface area (Å²) in [5, 5.41) is 4.22. The van der Waals surface area contributed by atoms with Gasteiger partial charge in [0.05, 0.1) is 6.04 Å². The number of benzene rings is 1. The zero-order valence-corrected chi connectivity index (χ0v) is 15.2. The summed E-state index contributed by atoms with van der Waals surface area (Å²) < 4.78 is 5.97. The van der Waals surface area contributed by atoms with Gasteiger partial charge in [0.1, 0.15) is 5.75 Å². The summed E-state index contributed by atoms with van der Waals surface area (Å²) in [5.41, 5.74) is 2.41. The average Bonchev–Trinajstić information content (AvgIpc) is 3.39. The molecule has 0 aliphatic carbocycles. The number of carbonyl (C=O) groups is 1. The number of hydrogen-bond acceptors (Lipinski definition) is 4. The third kappa shape index (κ3) is 2.50. The third-order valence-electron chi connectivity index (χ3n) is 4.98. The summed E-state index contributed by atoms with van der Waals surface area (Å²) in [4.78, 5) is 18.0. The molecule has 0 spiro atoms. The topological polar surface area (TPSA) is 29.5 Å². The molecule has 3 aromatic rings. The molecule has 3 nitrogen and oxygen atoms in total. The molecule has 2 aliphatic rings. The van der Waals surface area contributed by atoms with E-state index in [4.69, 9.17) is 4.74 Å². The van der Waals surface area contributed by atoms with Crippen molar-refractivity contribution in [3.8, 4) is 5.75 Å². The van der Waals surface area contributed by atoms with Crippen molar-refractivity contribution in [1.82, 2.24) is 4.90 Å². The molecule has 2 atom stereocenters. The Labute approximate surface area is 154 Å². The molecule has 0 radical (unpaired) electrons. The Hall–Kier alpha value is -2.11. The first-order valence-corrected chi connectivity index (χ1v) is 10.2. The maximum absolute atomic E-state index is 13.3. The quantitative estimate of drug-likeness (QED) is 0.676. The van der Waals surface area contributed by atoms with Crippen molar-refractivity contribution < 1.29 is 9.53 Å². The zero-order chi connectivity index (χ0) is 16.8. The van der Waals surface area contributed by atoms with Gasteiger partial charge in [0, 0.05) is 22.7 Å². The van der Waals surface area contributed by atoms with E-state index in [0.29, 0.717) is 6.42 Å². The summed E-state index contributed by atoms with van der Waals surface area (Å²) >= 11 is 3.52. The normalized spacial score (nSPS) is 21.5. The molecular formula is C20H17NO2S2. The van der Waals surface area contributed by atoms with Crippen molar-refractivity contribution in [3.63, 3.8) is 0 Å². The Morgan fingerprint density at radius 3 is 2.84 bits per heavy atom. The summed E-state index contributed by atoms with van der Waals surface area (Å²) in [7, 11) is 0. The highest BCUT2D eigenvalue weighted by molar-refractivity contribution is 7.10. The molecule has 25 heavy (non-hydrogen) atoms. The van der Waals surface area contributed by atoms with Crippen molar-refractivity contribution in [2.45, 2.75) is 25.0 Å². The van der Waals surface area contributed by atoms with Crippen molar-refractivity contribution in [1.29, 1.82) is 0 Å². The second kappa shape index (κ2) is 6.00. The predicted octanol–water partition coefficient (Wildman–Crippen LogP) is 4.29. The Balaban J connectivity index is 1.48. The lowest BCUT2D eigenvalue weighted by Gasteiger charge is -2.36. The Kier molecular flexibility index (Phi) is 3.64. The van der Waals surface area contributed by atoms with Crippen LogP contribution in [-0.4, -0.2) is 23.5 Å². The van der Waals surface area contributed by atoms with Gasteiger partial charge in [-0.25, -0.2) is 0 Å². The molecule has 0 saturated heterocycles. The van der Waals surface area contributed by atoms with Gasteiger partial charge in [-0.05, 0) is 46.5 Å². The molecule has 5 rings (SSSR count). The highest BCUT2D eigenvalue weighted by Gasteiger charge is 2.39. The Morgan fingerprint density at radius 2 is 2.00 bits per heavy atom. The average molecular weight is 367 g/mol. The van der Waals surface area contributed by atoms with Crippen molar-refractivity contribution in [3.05, 3.63) is 74.1 Å². The van der Waals surface area contributed by atoms with E-state index < -0.39 is 6.10 Å². The molecule has 0 saturated carbocycles. The second-order valence-electron chi connectivity index (χ2n) is 6.42. The predicted molar refractivity (Wildman–Crippen MR) is 100 cm³/mol. The Morgan fingerprint density at radius 1 is 1.08 bits per heavy atom. The summed E-state index contributed by atoms with van der Waals surface area (Å²) in [6.07, 6.45) is 1.19. The van der Waals surface area contributed by atoms with Gasteiger partial charge >= 0.3 is 0 Å². The monoisotopic (exact) mass is 367 g/mol. The van der Waals surface area contributed by atoms with Gasteiger partial charge < -0.3 is 9.64 Å². The molecule has 0 bridgehead atoms. The maximum Gasteiger partial charge on any atom is 0.264 e. The van der Waals surface area contributed by atoms with E-state index in [-0.39, 0.29) is 11.9 Å². The number of carbonyl (C=O) groups excluding carboxylic acids is 1. The van der Waals surface area contributed by atoms with Gasteiger partial charge in [0.15, 0.2) is 6.10 Å². The number of ether oxygens (including phenoxy) is 1. The first kappa shape index (κ1) is 15.2. The smallest absolute Gasteiger partial charge is 0.264 e. The Bertz CT molecular complexity index is 890. The number of thiophene rings is 2. The molecule has 0 N–H and O–H groups in total. The van der Waals surface area contributed by atoms with Crippen LogP contribution in [0.5, 0.6) is 5.75 Å². The van der Waals surface area contributed by atoms with Crippen molar-refractivity contribution >= 4 is 28.6 Å². The fourth-order valence-electron chi connectivity index (χ4n) is 3.81. The SMILES string of the molecule is O=C([C@@H]1Cc2ccccc2O1)N1CCc2sccc2[C@@H]1c1cccs1. The van der Waals surface area contributed by atoms with Crippen molar-refractivity contribution in [2.24, 2.45) is 0 Å².